The van der Waals surface area contributed by atoms with Crippen molar-refractivity contribution in [2.24, 2.45) is 5.73 Å². The van der Waals surface area contributed by atoms with Crippen molar-refractivity contribution in [1.82, 2.24) is 9.55 Å². The minimum Gasteiger partial charge on any atom is -0.365 e. The van der Waals surface area contributed by atoms with Gasteiger partial charge in [0.15, 0.2) is 0 Å². The third-order valence-corrected chi connectivity index (χ3v) is 2.78. The summed E-state index contributed by atoms with van der Waals surface area (Å²) in [6, 6.07) is 4.22. The summed E-state index contributed by atoms with van der Waals surface area (Å²) in [6.07, 6.45) is 1.00. The van der Waals surface area contributed by atoms with Crippen LogP contribution in [0.1, 0.15) is 21.6 Å². The van der Waals surface area contributed by atoms with Crippen LogP contribution in [0.5, 0.6) is 0 Å². The monoisotopic (exact) mass is 261 g/mol. The van der Waals surface area contributed by atoms with Gasteiger partial charge in [-0.3, -0.25) is 14.2 Å². The van der Waals surface area contributed by atoms with E-state index in [2.05, 4.69) is 4.98 Å². The number of pyridine rings is 2. The fourth-order valence-corrected chi connectivity index (χ4v) is 1.98. The van der Waals surface area contributed by atoms with Crippen molar-refractivity contribution in [2.75, 3.05) is 0 Å². The van der Waals surface area contributed by atoms with Gasteiger partial charge in [-0.1, -0.05) is 0 Å². The van der Waals surface area contributed by atoms with E-state index in [9.17, 15) is 14.0 Å². The quantitative estimate of drug-likeness (QED) is 0.878. The highest BCUT2D eigenvalue weighted by atomic mass is 19.1. The highest BCUT2D eigenvalue weighted by Gasteiger charge is 2.16. The van der Waals surface area contributed by atoms with E-state index in [0.717, 1.165) is 6.20 Å². The largest absolute Gasteiger partial charge is 0.365 e. The molecule has 2 heterocycles. The van der Waals surface area contributed by atoms with Crippen LogP contribution in [0, 0.1) is 19.7 Å². The maximum absolute atomic E-state index is 12.9. The molecule has 5 nitrogen and oxygen atoms in total. The second-order valence-corrected chi connectivity index (χ2v) is 4.18. The Labute approximate surface area is 108 Å². The highest BCUT2D eigenvalue weighted by molar-refractivity contribution is 5.94. The molecule has 2 rings (SSSR count). The van der Waals surface area contributed by atoms with E-state index in [4.69, 9.17) is 5.73 Å². The lowest BCUT2D eigenvalue weighted by Crippen LogP contribution is -2.31. The van der Waals surface area contributed by atoms with Gasteiger partial charge in [0.05, 0.1) is 6.20 Å². The van der Waals surface area contributed by atoms with Gasteiger partial charge in [-0.2, -0.15) is 0 Å². The van der Waals surface area contributed by atoms with Gasteiger partial charge in [0, 0.05) is 5.69 Å². The Kier molecular flexibility index (Phi) is 3.16. The predicted octanol–water partition coefficient (Wildman–Crippen LogP) is 1.09. The normalized spacial score (nSPS) is 10.5. The number of halogens is 1. The number of amides is 1. The van der Waals surface area contributed by atoms with E-state index in [0.29, 0.717) is 11.3 Å². The fraction of sp³-hybridized carbons (Fsp3) is 0.154. The number of aryl methyl sites for hydroxylation is 2. The lowest BCUT2D eigenvalue weighted by atomic mass is 10.1. The lowest BCUT2D eigenvalue weighted by Gasteiger charge is -2.12. The minimum atomic E-state index is -0.793. The zero-order chi connectivity index (χ0) is 14.2. The summed E-state index contributed by atoms with van der Waals surface area (Å²) in [5.74, 6) is -1.05. The molecule has 0 saturated heterocycles. The molecule has 0 fully saturated rings. The first-order valence-electron chi connectivity index (χ1n) is 5.57. The molecular formula is C13H12FN3O2. The highest BCUT2D eigenvalue weighted by Crippen LogP contribution is 2.10. The molecule has 1 amide bonds. The molecule has 0 aliphatic rings. The Hall–Kier alpha value is -2.50. The number of carbonyl (C=O) groups excluding carboxylic acids is 1. The Morgan fingerprint density at radius 2 is 2.05 bits per heavy atom. The molecule has 19 heavy (non-hydrogen) atoms. The topological polar surface area (TPSA) is 78.0 Å². The molecule has 0 atom stereocenters. The van der Waals surface area contributed by atoms with Gasteiger partial charge in [0.2, 0.25) is 0 Å². The van der Waals surface area contributed by atoms with Gasteiger partial charge in [-0.15, -0.1) is 0 Å². The Morgan fingerprint density at radius 3 is 2.58 bits per heavy atom. The van der Waals surface area contributed by atoms with E-state index in [-0.39, 0.29) is 11.4 Å². The minimum absolute atomic E-state index is 0.0864. The number of hydrogen-bond donors (Lipinski definition) is 1. The molecule has 0 aliphatic heterocycles. The van der Waals surface area contributed by atoms with Crippen LogP contribution in [0.2, 0.25) is 0 Å². The summed E-state index contributed by atoms with van der Waals surface area (Å²) >= 11 is 0. The number of nitrogens with two attached hydrogens (primary N) is 1. The molecule has 98 valence electrons. The number of nitrogens with zero attached hydrogens (tertiary/aromatic N) is 2. The van der Waals surface area contributed by atoms with Crippen molar-refractivity contribution in [3.8, 4) is 5.82 Å². The first-order valence-corrected chi connectivity index (χ1v) is 5.57. The van der Waals surface area contributed by atoms with Crippen molar-refractivity contribution in [2.45, 2.75) is 13.8 Å². The number of rotatable bonds is 2. The maximum atomic E-state index is 12.9. The standard InChI is InChI=1S/C13H12FN3O2/c1-7-5-8(2)17(13(19)11(7)12(15)18)10-4-3-9(14)6-16-10/h3-6H,1-2H3,(H2,15,18). The molecule has 0 saturated carbocycles. The molecular weight excluding hydrogens is 249 g/mol. The first kappa shape index (κ1) is 12.9. The molecule has 0 spiro atoms. The summed E-state index contributed by atoms with van der Waals surface area (Å²) in [5.41, 5.74) is 5.66. The molecule has 2 aromatic heterocycles. The van der Waals surface area contributed by atoms with Gasteiger partial charge in [0.25, 0.3) is 11.5 Å². The molecule has 0 bridgehead atoms. The second-order valence-electron chi connectivity index (χ2n) is 4.18. The van der Waals surface area contributed by atoms with Gasteiger partial charge in [-0.05, 0) is 37.6 Å². The van der Waals surface area contributed by atoms with E-state index in [1.807, 2.05) is 0 Å². The van der Waals surface area contributed by atoms with E-state index in [1.165, 1.54) is 16.7 Å². The molecule has 0 radical (unpaired) electrons. The van der Waals surface area contributed by atoms with Crippen molar-refractivity contribution in [1.29, 1.82) is 0 Å². The third-order valence-electron chi connectivity index (χ3n) is 2.78. The van der Waals surface area contributed by atoms with Crippen molar-refractivity contribution in [3.05, 3.63) is 57.4 Å². The zero-order valence-corrected chi connectivity index (χ0v) is 10.5. The first-order chi connectivity index (χ1) is 8.91. The average molecular weight is 261 g/mol. The van der Waals surface area contributed by atoms with Crippen LogP contribution in [0.25, 0.3) is 5.82 Å². The maximum Gasteiger partial charge on any atom is 0.269 e. The lowest BCUT2D eigenvalue weighted by molar-refractivity contribution is 0.0998. The summed E-state index contributed by atoms with van der Waals surface area (Å²) < 4.78 is 14.1. The van der Waals surface area contributed by atoms with Crippen LogP contribution in [0.15, 0.2) is 29.2 Å². The van der Waals surface area contributed by atoms with Gasteiger partial charge >= 0.3 is 0 Å². The summed E-state index contributed by atoms with van der Waals surface area (Å²) in [6.45, 7) is 3.33. The van der Waals surface area contributed by atoms with E-state index in [1.54, 1.807) is 19.9 Å². The number of carbonyl (C=O) groups is 1. The number of hydrogen-bond acceptors (Lipinski definition) is 3. The number of aromatic nitrogens is 2. The van der Waals surface area contributed by atoms with Crippen LogP contribution >= 0.6 is 0 Å². The van der Waals surface area contributed by atoms with E-state index >= 15 is 0 Å². The second kappa shape index (κ2) is 4.64. The molecule has 0 aromatic carbocycles. The molecule has 6 heteroatoms. The zero-order valence-electron chi connectivity index (χ0n) is 10.5. The Bertz CT molecular complexity index is 705. The van der Waals surface area contributed by atoms with Gasteiger partial charge in [0.1, 0.15) is 17.2 Å². The molecule has 0 aliphatic carbocycles. The van der Waals surface area contributed by atoms with Crippen LogP contribution < -0.4 is 11.3 Å². The van der Waals surface area contributed by atoms with Gasteiger partial charge < -0.3 is 5.73 Å². The van der Waals surface area contributed by atoms with Crippen LogP contribution in [-0.4, -0.2) is 15.5 Å². The van der Waals surface area contributed by atoms with Crippen LogP contribution in [0.4, 0.5) is 4.39 Å². The molecule has 2 N–H and O–H groups in total. The molecule has 2 aromatic rings. The average Bonchev–Trinajstić information content (AvgIpc) is 2.30. The third kappa shape index (κ3) is 2.24. The van der Waals surface area contributed by atoms with Crippen LogP contribution in [0.3, 0.4) is 0 Å². The molecule has 0 unspecified atom stereocenters. The number of primary amides is 1. The van der Waals surface area contributed by atoms with Crippen molar-refractivity contribution < 1.29 is 9.18 Å². The summed E-state index contributed by atoms with van der Waals surface area (Å²) in [7, 11) is 0. The van der Waals surface area contributed by atoms with Crippen molar-refractivity contribution in [3.63, 3.8) is 0 Å². The van der Waals surface area contributed by atoms with Gasteiger partial charge in [-0.25, -0.2) is 9.37 Å². The predicted molar refractivity (Wildman–Crippen MR) is 67.8 cm³/mol. The smallest absolute Gasteiger partial charge is 0.269 e. The van der Waals surface area contributed by atoms with Crippen LogP contribution in [-0.2, 0) is 0 Å². The van der Waals surface area contributed by atoms with Crippen molar-refractivity contribution >= 4 is 5.91 Å². The SMILES string of the molecule is Cc1cc(C)n(-c2ccc(F)cn2)c(=O)c1C(N)=O. The fourth-order valence-electron chi connectivity index (χ4n) is 1.98. The summed E-state index contributed by atoms with van der Waals surface area (Å²) in [4.78, 5) is 27.4. The Morgan fingerprint density at radius 1 is 1.37 bits per heavy atom. The van der Waals surface area contributed by atoms with E-state index < -0.39 is 17.3 Å². The summed E-state index contributed by atoms with van der Waals surface area (Å²) in [5, 5.41) is 0. The Balaban J connectivity index is 2.77.